The smallest absolute Gasteiger partial charge is 0.271 e. The van der Waals surface area contributed by atoms with Crippen molar-refractivity contribution >= 4 is 56.6 Å². The van der Waals surface area contributed by atoms with Crippen LogP contribution in [0.15, 0.2) is 33.9 Å². The number of benzene rings is 1. The second-order valence-corrected chi connectivity index (χ2v) is 7.27. The van der Waals surface area contributed by atoms with Gasteiger partial charge in [-0.2, -0.15) is 0 Å². The number of thioether (sulfide) groups is 1. The number of hydrazine groups is 1. The van der Waals surface area contributed by atoms with E-state index < -0.39 is 0 Å². The first-order valence-corrected chi connectivity index (χ1v) is 8.98. The summed E-state index contributed by atoms with van der Waals surface area (Å²) in [6, 6.07) is 5.30. The van der Waals surface area contributed by atoms with Gasteiger partial charge in [-0.05, 0) is 52.4 Å². The number of carbonyl (C=O) groups is 1. The number of nitrogens with zero attached hydrogens (tertiary/aromatic N) is 1. The summed E-state index contributed by atoms with van der Waals surface area (Å²) in [4.78, 5) is 16.6. The Morgan fingerprint density at radius 1 is 1.43 bits per heavy atom. The molecule has 2 aromatic rings. The van der Waals surface area contributed by atoms with Crippen molar-refractivity contribution in [1.29, 1.82) is 0 Å². The minimum Gasteiger partial charge on any atom is -0.397 e. The maximum absolute atomic E-state index is 12.4. The van der Waals surface area contributed by atoms with Gasteiger partial charge < -0.3 is 5.73 Å². The van der Waals surface area contributed by atoms with Crippen molar-refractivity contribution in [3.63, 3.8) is 0 Å². The standard InChI is InChI=1S/C15H16BrClN4OS/c1-3-23-15-12(6-9(17)7-19-15)20-21-14(22)10-4-8(2)5-11(16)13(10)18/h4-7,20H,3,18H2,1-2H3,(H,21,22). The number of nitrogens with two attached hydrogens (primary N) is 1. The second kappa shape index (κ2) is 7.90. The van der Waals surface area contributed by atoms with E-state index in [1.54, 1.807) is 30.1 Å². The second-order valence-electron chi connectivity index (χ2n) is 4.73. The van der Waals surface area contributed by atoms with Gasteiger partial charge in [-0.25, -0.2) is 4.98 Å². The molecule has 122 valence electrons. The first kappa shape index (κ1) is 17.9. The molecule has 8 heteroatoms. The minimum absolute atomic E-state index is 0.334. The lowest BCUT2D eigenvalue weighted by molar-refractivity contribution is 0.0963. The average molecular weight is 416 g/mol. The molecule has 0 atom stereocenters. The lowest BCUT2D eigenvalue weighted by Crippen LogP contribution is -2.30. The lowest BCUT2D eigenvalue weighted by atomic mass is 10.1. The Morgan fingerprint density at radius 3 is 2.87 bits per heavy atom. The van der Waals surface area contributed by atoms with Crippen molar-refractivity contribution in [2.75, 3.05) is 16.9 Å². The molecule has 4 N–H and O–H groups in total. The number of pyridine rings is 1. The summed E-state index contributed by atoms with van der Waals surface area (Å²) in [6.07, 6.45) is 1.57. The van der Waals surface area contributed by atoms with E-state index in [-0.39, 0.29) is 5.91 Å². The molecule has 0 bridgehead atoms. The molecule has 23 heavy (non-hydrogen) atoms. The fourth-order valence-electron chi connectivity index (χ4n) is 1.90. The van der Waals surface area contributed by atoms with E-state index in [0.29, 0.717) is 26.4 Å². The molecule has 5 nitrogen and oxygen atoms in total. The number of anilines is 2. The van der Waals surface area contributed by atoms with E-state index in [1.165, 1.54) is 0 Å². The molecule has 0 saturated heterocycles. The Kier molecular flexibility index (Phi) is 6.15. The molecule has 0 aliphatic carbocycles. The van der Waals surface area contributed by atoms with Crippen LogP contribution < -0.4 is 16.6 Å². The normalized spacial score (nSPS) is 10.4. The molecule has 0 radical (unpaired) electrons. The highest BCUT2D eigenvalue weighted by molar-refractivity contribution is 9.10. The first-order chi connectivity index (χ1) is 10.9. The zero-order chi connectivity index (χ0) is 17.0. The number of halogens is 2. The predicted molar refractivity (Wildman–Crippen MR) is 100 cm³/mol. The number of amides is 1. The van der Waals surface area contributed by atoms with Gasteiger partial charge in [0.2, 0.25) is 0 Å². The maximum atomic E-state index is 12.4. The van der Waals surface area contributed by atoms with E-state index >= 15 is 0 Å². The topological polar surface area (TPSA) is 80.0 Å². The number of hydrogen-bond acceptors (Lipinski definition) is 5. The predicted octanol–water partition coefficient (Wildman–Crippen LogP) is 4.26. The van der Waals surface area contributed by atoms with Gasteiger partial charge in [-0.15, -0.1) is 11.8 Å². The molecule has 1 aromatic carbocycles. The van der Waals surface area contributed by atoms with Crippen LogP contribution in [0.4, 0.5) is 11.4 Å². The van der Waals surface area contributed by atoms with Crippen LogP contribution in [-0.4, -0.2) is 16.6 Å². The van der Waals surface area contributed by atoms with Crippen LogP contribution in [0.2, 0.25) is 5.02 Å². The number of nitrogen functional groups attached to an aromatic ring is 1. The Bertz CT molecular complexity index is 742. The largest absolute Gasteiger partial charge is 0.397 e. The summed E-state index contributed by atoms with van der Waals surface area (Å²) < 4.78 is 0.689. The van der Waals surface area contributed by atoms with E-state index in [9.17, 15) is 4.79 Å². The zero-order valence-corrected chi connectivity index (χ0v) is 15.8. The van der Waals surface area contributed by atoms with Crippen LogP contribution in [0.1, 0.15) is 22.8 Å². The summed E-state index contributed by atoms with van der Waals surface area (Å²) >= 11 is 10.9. The fraction of sp³-hybridized carbons (Fsp3) is 0.200. The number of nitrogens with one attached hydrogen (secondary N) is 2. The van der Waals surface area contributed by atoms with Gasteiger partial charge in [-0.3, -0.25) is 15.6 Å². The van der Waals surface area contributed by atoms with Gasteiger partial charge in [0.05, 0.1) is 22.0 Å². The summed E-state index contributed by atoms with van der Waals surface area (Å²) in [6.45, 7) is 3.92. The van der Waals surface area contributed by atoms with Gasteiger partial charge in [-0.1, -0.05) is 18.5 Å². The van der Waals surface area contributed by atoms with Crippen LogP contribution in [0.5, 0.6) is 0 Å². The van der Waals surface area contributed by atoms with E-state index in [0.717, 1.165) is 16.3 Å². The van der Waals surface area contributed by atoms with Crippen molar-refractivity contribution < 1.29 is 4.79 Å². The molecular weight excluding hydrogens is 400 g/mol. The highest BCUT2D eigenvalue weighted by Crippen LogP contribution is 2.28. The maximum Gasteiger partial charge on any atom is 0.271 e. The molecule has 0 aliphatic rings. The van der Waals surface area contributed by atoms with Crippen LogP contribution in [0.25, 0.3) is 0 Å². The van der Waals surface area contributed by atoms with Crippen LogP contribution in [-0.2, 0) is 0 Å². The Balaban J connectivity index is 2.18. The number of carbonyl (C=O) groups excluding carboxylic acids is 1. The number of aryl methyl sites for hydroxylation is 1. The van der Waals surface area contributed by atoms with Crippen molar-refractivity contribution in [3.05, 3.63) is 45.0 Å². The lowest BCUT2D eigenvalue weighted by Gasteiger charge is -2.14. The van der Waals surface area contributed by atoms with Crippen molar-refractivity contribution in [2.45, 2.75) is 18.9 Å². The van der Waals surface area contributed by atoms with E-state index in [1.807, 2.05) is 19.9 Å². The van der Waals surface area contributed by atoms with Gasteiger partial charge in [0.25, 0.3) is 5.91 Å². The molecule has 0 saturated carbocycles. The third-order valence-electron chi connectivity index (χ3n) is 2.93. The molecule has 0 unspecified atom stereocenters. The van der Waals surface area contributed by atoms with Crippen LogP contribution in [0, 0.1) is 6.92 Å². The van der Waals surface area contributed by atoms with Gasteiger partial charge in [0.15, 0.2) is 0 Å². The summed E-state index contributed by atoms with van der Waals surface area (Å²) in [5.74, 6) is 0.522. The van der Waals surface area contributed by atoms with Crippen LogP contribution >= 0.6 is 39.3 Å². The minimum atomic E-state index is -0.334. The molecule has 1 aromatic heterocycles. The van der Waals surface area contributed by atoms with Crippen molar-refractivity contribution in [3.8, 4) is 0 Å². The van der Waals surface area contributed by atoms with Gasteiger partial charge in [0.1, 0.15) is 5.03 Å². The third kappa shape index (κ3) is 4.53. The summed E-state index contributed by atoms with van der Waals surface area (Å²) in [5.41, 5.74) is 13.8. The summed E-state index contributed by atoms with van der Waals surface area (Å²) in [5, 5.41) is 1.25. The number of hydrogen-bond donors (Lipinski definition) is 3. The highest BCUT2D eigenvalue weighted by atomic mass is 79.9. The third-order valence-corrected chi connectivity index (χ3v) is 4.68. The molecule has 1 heterocycles. The van der Waals surface area contributed by atoms with E-state index in [4.69, 9.17) is 17.3 Å². The molecule has 0 aliphatic heterocycles. The van der Waals surface area contributed by atoms with Crippen LogP contribution in [0.3, 0.4) is 0 Å². The SMILES string of the molecule is CCSc1ncc(Cl)cc1NNC(=O)c1cc(C)cc(Br)c1N. The monoisotopic (exact) mass is 414 g/mol. The van der Waals surface area contributed by atoms with Gasteiger partial charge >= 0.3 is 0 Å². The zero-order valence-electron chi connectivity index (χ0n) is 12.6. The van der Waals surface area contributed by atoms with Crippen molar-refractivity contribution in [2.24, 2.45) is 0 Å². The number of aromatic nitrogens is 1. The Labute approximate surface area is 152 Å². The van der Waals surface area contributed by atoms with E-state index in [2.05, 4.69) is 31.8 Å². The Morgan fingerprint density at radius 2 is 2.17 bits per heavy atom. The fourth-order valence-corrected chi connectivity index (χ4v) is 3.30. The molecule has 0 spiro atoms. The first-order valence-electron chi connectivity index (χ1n) is 6.82. The summed E-state index contributed by atoms with van der Waals surface area (Å²) in [7, 11) is 0. The number of rotatable bonds is 5. The Hall–Kier alpha value is -1.44. The van der Waals surface area contributed by atoms with Gasteiger partial charge in [0, 0.05) is 10.7 Å². The average Bonchev–Trinajstić information content (AvgIpc) is 2.51. The highest BCUT2D eigenvalue weighted by Gasteiger charge is 2.14. The van der Waals surface area contributed by atoms with Crippen molar-refractivity contribution in [1.82, 2.24) is 10.4 Å². The molecular formula is C15H16BrClN4OS. The quantitative estimate of drug-likeness (QED) is 0.386. The molecule has 2 rings (SSSR count). The molecule has 0 fully saturated rings. The molecule has 1 amide bonds.